The summed E-state index contributed by atoms with van der Waals surface area (Å²) in [5.41, 5.74) is 2.34. The molecule has 0 fully saturated rings. The Morgan fingerprint density at radius 2 is 1.85 bits per heavy atom. The largest absolute Gasteiger partial charge is 0.478 e. The number of carboxylic acid groups (broad SMARTS) is 1. The first-order valence-electron chi connectivity index (χ1n) is 8.19. The van der Waals surface area contributed by atoms with Gasteiger partial charge in [-0.25, -0.2) is 4.79 Å². The second kappa shape index (κ2) is 7.38. The van der Waals surface area contributed by atoms with Gasteiger partial charge in [0.2, 0.25) is 5.91 Å². The molecule has 1 atom stereocenters. The van der Waals surface area contributed by atoms with Crippen molar-refractivity contribution >= 4 is 52.3 Å². The lowest BCUT2D eigenvalue weighted by molar-refractivity contribution is -0.115. The molecule has 1 aliphatic heterocycles. The number of aromatic carboxylic acids is 1. The van der Waals surface area contributed by atoms with E-state index in [0.29, 0.717) is 22.0 Å². The van der Waals surface area contributed by atoms with Crippen LogP contribution < -0.4 is 5.32 Å². The molecule has 0 saturated carbocycles. The summed E-state index contributed by atoms with van der Waals surface area (Å²) in [6.07, 6.45) is 0.642. The molecule has 0 bridgehead atoms. The number of carbonyl (C=O) groups is 2. The number of thiophene rings is 1. The number of halogens is 1. The van der Waals surface area contributed by atoms with Gasteiger partial charge in [-0.15, -0.1) is 23.1 Å². The molecule has 1 unspecified atom stereocenters. The van der Waals surface area contributed by atoms with Crippen LogP contribution in [-0.4, -0.2) is 22.2 Å². The Kier molecular flexibility index (Phi) is 4.95. The first-order chi connectivity index (χ1) is 13.0. The summed E-state index contributed by atoms with van der Waals surface area (Å²) in [6.45, 7) is 0. The molecule has 0 saturated heterocycles. The highest BCUT2D eigenvalue weighted by Gasteiger charge is 2.29. The summed E-state index contributed by atoms with van der Waals surface area (Å²) in [6, 6.07) is 14.9. The summed E-state index contributed by atoms with van der Waals surface area (Å²) in [5, 5.41) is 14.5. The monoisotopic (exact) mass is 415 g/mol. The van der Waals surface area contributed by atoms with Gasteiger partial charge in [-0.1, -0.05) is 41.9 Å². The summed E-state index contributed by atoms with van der Waals surface area (Å²) in [7, 11) is 0. The minimum absolute atomic E-state index is 0.108. The second-order valence-electron chi connectivity index (χ2n) is 6.07. The van der Waals surface area contributed by atoms with Crippen molar-refractivity contribution < 1.29 is 14.7 Å². The number of fused-ring (bicyclic) bond motifs is 1. The van der Waals surface area contributed by atoms with Crippen LogP contribution in [0.4, 0.5) is 5.69 Å². The van der Waals surface area contributed by atoms with Gasteiger partial charge in [-0.05, 0) is 35.7 Å². The van der Waals surface area contributed by atoms with Crippen molar-refractivity contribution in [2.45, 2.75) is 16.6 Å². The molecule has 1 amide bonds. The Morgan fingerprint density at radius 1 is 1.11 bits per heavy atom. The first-order valence-corrected chi connectivity index (χ1v) is 10.3. The number of rotatable bonds is 4. The maximum atomic E-state index is 12.7. The number of carbonyl (C=O) groups excluding carboxylic acids is 1. The highest BCUT2D eigenvalue weighted by atomic mass is 35.5. The van der Waals surface area contributed by atoms with E-state index in [1.54, 1.807) is 29.6 Å². The van der Waals surface area contributed by atoms with E-state index in [1.807, 2.05) is 24.3 Å². The third kappa shape index (κ3) is 3.60. The SMILES string of the molecule is O=C(O)c1c(NC(=O)C2Cc3ccccc3S2)csc1-c1ccc(Cl)cc1. The van der Waals surface area contributed by atoms with Gasteiger partial charge in [0, 0.05) is 15.3 Å². The highest BCUT2D eigenvalue weighted by molar-refractivity contribution is 8.01. The lowest BCUT2D eigenvalue weighted by Crippen LogP contribution is -2.25. The summed E-state index contributed by atoms with van der Waals surface area (Å²) < 4.78 is 0. The molecule has 136 valence electrons. The molecule has 4 rings (SSSR count). The maximum absolute atomic E-state index is 12.7. The van der Waals surface area contributed by atoms with Crippen LogP contribution in [0.3, 0.4) is 0 Å². The van der Waals surface area contributed by atoms with Crippen molar-refractivity contribution in [2.24, 2.45) is 0 Å². The third-order valence-corrected chi connectivity index (χ3v) is 6.91. The number of hydrogen-bond acceptors (Lipinski definition) is 4. The molecular weight excluding hydrogens is 402 g/mol. The van der Waals surface area contributed by atoms with Crippen molar-refractivity contribution in [3.05, 3.63) is 70.1 Å². The Balaban J connectivity index is 1.58. The molecule has 27 heavy (non-hydrogen) atoms. The summed E-state index contributed by atoms with van der Waals surface area (Å²) in [5.74, 6) is -1.25. The summed E-state index contributed by atoms with van der Waals surface area (Å²) in [4.78, 5) is 26.3. The van der Waals surface area contributed by atoms with Crippen LogP contribution in [0.15, 0.2) is 58.8 Å². The van der Waals surface area contributed by atoms with Gasteiger partial charge in [0.05, 0.1) is 15.8 Å². The zero-order valence-electron chi connectivity index (χ0n) is 13.9. The molecule has 0 radical (unpaired) electrons. The van der Waals surface area contributed by atoms with Gasteiger partial charge in [-0.3, -0.25) is 4.79 Å². The number of anilines is 1. The molecule has 4 nitrogen and oxygen atoms in total. The molecule has 7 heteroatoms. The van der Waals surface area contributed by atoms with Crippen molar-refractivity contribution in [3.8, 4) is 10.4 Å². The number of hydrogen-bond donors (Lipinski definition) is 2. The number of amides is 1. The van der Waals surface area contributed by atoms with E-state index in [1.165, 1.54) is 23.1 Å². The van der Waals surface area contributed by atoms with Gasteiger partial charge in [0.25, 0.3) is 0 Å². The van der Waals surface area contributed by atoms with Crippen molar-refractivity contribution in [2.75, 3.05) is 5.32 Å². The van der Waals surface area contributed by atoms with Gasteiger partial charge >= 0.3 is 5.97 Å². The van der Waals surface area contributed by atoms with Crippen LogP contribution in [0.2, 0.25) is 5.02 Å². The lowest BCUT2D eigenvalue weighted by atomic mass is 10.1. The van der Waals surface area contributed by atoms with Crippen molar-refractivity contribution in [1.29, 1.82) is 0 Å². The number of benzene rings is 2. The Hall–Kier alpha value is -2.28. The molecule has 2 heterocycles. The zero-order chi connectivity index (χ0) is 19.0. The average Bonchev–Trinajstić information content (AvgIpc) is 3.26. The van der Waals surface area contributed by atoms with E-state index in [2.05, 4.69) is 5.32 Å². The molecule has 0 aliphatic carbocycles. The van der Waals surface area contributed by atoms with Gasteiger partial charge in [-0.2, -0.15) is 0 Å². The van der Waals surface area contributed by atoms with Gasteiger partial charge in [0.15, 0.2) is 0 Å². The Morgan fingerprint density at radius 3 is 2.56 bits per heavy atom. The van der Waals surface area contributed by atoms with E-state index in [-0.39, 0.29) is 16.7 Å². The molecule has 2 N–H and O–H groups in total. The van der Waals surface area contributed by atoms with Gasteiger partial charge < -0.3 is 10.4 Å². The molecule has 2 aromatic carbocycles. The second-order valence-corrected chi connectivity index (χ2v) is 8.63. The van der Waals surface area contributed by atoms with Crippen LogP contribution in [0.25, 0.3) is 10.4 Å². The van der Waals surface area contributed by atoms with E-state index in [9.17, 15) is 14.7 Å². The molecule has 1 aromatic heterocycles. The number of carboxylic acids is 1. The standard InChI is InChI=1S/C20H14ClNO3S2/c21-13-7-5-11(6-8-13)18-17(20(24)25)14(10-26-18)22-19(23)16-9-12-3-1-2-4-15(12)27-16/h1-8,10,16H,9H2,(H,22,23)(H,24,25). The third-order valence-electron chi connectivity index (χ3n) is 4.31. The lowest BCUT2D eigenvalue weighted by Gasteiger charge is -2.10. The first kappa shape index (κ1) is 18.1. The number of nitrogens with one attached hydrogen (secondary N) is 1. The van der Waals surface area contributed by atoms with Crippen LogP contribution in [0, 0.1) is 0 Å². The maximum Gasteiger partial charge on any atom is 0.339 e. The fourth-order valence-electron chi connectivity index (χ4n) is 3.02. The molecule has 3 aromatic rings. The predicted octanol–water partition coefficient (Wildman–Crippen LogP) is 5.42. The summed E-state index contributed by atoms with van der Waals surface area (Å²) >= 11 is 8.72. The minimum Gasteiger partial charge on any atom is -0.478 e. The van der Waals surface area contributed by atoms with Crippen molar-refractivity contribution in [1.82, 2.24) is 0 Å². The fourth-order valence-corrected chi connectivity index (χ4v) is 5.34. The molecular formula is C20H14ClNO3S2. The zero-order valence-corrected chi connectivity index (χ0v) is 16.3. The van der Waals surface area contributed by atoms with E-state index >= 15 is 0 Å². The Labute approximate surface area is 169 Å². The van der Waals surface area contributed by atoms with Crippen LogP contribution in [0.1, 0.15) is 15.9 Å². The Bertz CT molecular complexity index is 1000. The van der Waals surface area contributed by atoms with Crippen LogP contribution in [-0.2, 0) is 11.2 Å². The van der Waals surface area contributed by atoms with E-state index in [4.69, 9.17) is 11.6 Å². The number of thioether (sulfide) groups is 1. The van der Waals surface area contributed by atoms with Crippen LogP contribution >= 0.6 is 34.7 Å². The van der Waals surface area contributed by atoms with Crippen LogP contribution in [0.5, 0.6) is 0 Å². The minimum atomic E-state index is -1.07. The normalized spacial score (nSPS) is 15.4. The average molecular weight is 416 g/mol. The fraction of sp³-hybridized carbons (Fsp3) is 0.100. The van der Waals surface area contributed by atoms with E-state index in [0.717, 1.165) is 16.0 Å². The topological polar surface area (TPSA) is 66.4 Å². The quantitative estimate of drug-likeness (QED) is 0.596. The van der Waals surface area contributed by atoms with Gasteiger partial charge in [0.1, 0.15) is 5.56 Å². The van der Waals surface area contributed by atoms with Crippen molar-refractivity contribution in [3.63, 3.8) is 0 Å². The molecule has 0 spiro atoms. The smallest absolute Gasteiger partial charge is 0.339 e. The van der Waals surface area contributed by atoms with E-state index < -0.39 is 5.97 Å². The molecule has 1 aliphatic rings. The highest BCUT2D eigenvalue weighted by Crippen LogP contribution is 2.39. The predicted molar refractivity (Wildman–Crippen MR) is 110 cm³/mol.